The van der Waals surface area contributed by atoms with Gasteiger partial charge in [-0.25, -0.2) is 0 Å². The van der Waals surface area contributed by atoms with Gasteiger partial charge >= 0.3 is 0 Å². The molecule has 172 valence electrons. The lowest BCUT2D eigenvalue weighted by Gasteiger charge is -2.36. The van der Waals surface area contributed by atoms with Crippen LogP contribution >= 0.6 is 11.6 Å². The molecule has 0 bridgehead atoms. The number of methoxy groups -OCH3 is 1. The summed E-state index contributed by atoms with van der Waals surface area (Å²) in [5.41, 5.74) is 4.90. The number of hydrogen-bond donors (Lipinski definition) is 1. The highest BCUT2D eigenvalue weighted by atomic mass is 35.5. The maximum absolute atomic E-state index is 13.6. The number of carbonyl (C=O) groups excluding carboxylic acids is 1. The molecule has 8 heteroatoms. The van der Waals surface area contributed by atoms with Crippen molar-refractivity contribution in [2.45, 2.75) is 19.4 Å². The van der Waals surface area contributed by atoms with E-state index in [-0.39, 0.29) is 16.6 Å². The number of carbonyl (C=O) groups is 1. The standard InChI is InChI=1S/C26H22ClN3O4/c1-15-3-5-16(6-4-15)26(31)29-12-11-19-20-14-18(34-2)8-10-22(20)28-24(19)25(29)17-7-9-21(27)23(13-17)30(32)33/h3-10,13-14,25,28H,11-12H2,1-2H3/t25-/m0/s1. The van der Waals surface area contributed by atoms with Crippen molar-refractivity contribution in [3.63, 3.8) is 0 Å². The van der Waals surface area contributed by atoms with Crippen LogP contribution in [0.1, 0.15) is 38.8 Å². The first-order valence-corrected chi connectivity index (χ1v) is 11.2. The Morgan fingerprint density at radius 3 is 2.62 bits per heavy atom. The molecule has 34 heavy (non-hydrogen) atoms. The van der Waals surface area contributed by atoms with E-state index in [1.54, 1.807) is 18.1 Å². The Morgan fingerprint density at radius 2 is 1.91 bits per heavy atom. The minimum absolute atomic E-state index is 0.0579. The van der Waals surface area contributed by atoms with Crippen molar-refractivity contribution in [1.82, 2.24) is 9.88 Å². The first kappa shape index (κ1) is 22.0. The van der Waals surface area contributed by atoms with Crippen molar-refractivity contribution in [1.29, 1.82) is 0 Å². The van der Waals surface area contributed by atoms with E-state index in [4.69, 9.17) is 16.3 Å². The van der Waals surface area contributed by atoms with Crippen molar-refractivity contribution in [3.8, 4) is 5.75 Å². The van der Waals surface area contributed by atoms with Gasteiger partial charge in [0.25, 0.3) is 11.6 Å². The SMILES string of the molecule is COc1ccc2[nH]c3c(c2c1)CCN(C(=O)c1ccc(C)cc1)[C@H]3c1ccc(Cl)c([N+](=O)[O-])c1. The van der Waals surface area contributed by atoms with Crippen molar-refractivity contribution in [2.24, 2.45) is 0 Å². The van der Waals surface area contributed by atoms with E-state index >= 15 is 0 Å². The number of halogens is 1. The first-order valence-electron chi connectivity index (χ1n) is 10.9. The van der Waals surface area contributed by atoms with Gasteiger partial charge in [0.15, 0.2) is 0 Å². The van der Waals surface area contributed by atoms with E-state index in [2.05, 4.69) is 4.98 Å². The zero-order chi connectivity index (χ0) is 24.0. The number of aryl methyl sites for hydroxylation is 1. The van der Waals surface area contributed by atoms with Crippen LogP contribution in [0.4, 0.5) is 5.69 Å². The summed E-state index contributed by atoms with van der Waals surface area (Å²) in [7, 11) is 1.62. The van der Waals surface area contributed by atoms with E-state index in [9.17, 15) is 14.9 Å². The summed E-state index contributed by atoms with van der Waals surface area (Å²) in [4.78, 5) is 30.0. The molecule has 3 aromatic carbocycles. The predicted octanol–water partition coefficient (Wildman–Crippen LogP) is 5.83. The third kappa shape index (κ3) is 3.68. The molecule has 1 aliphatic rings. The van der Waals surface area contributed by atoms with Crippen molar-refractivity contribution in [3.05, 3.63) is 104 Å². The average Bonchev–Trinajstić information content (AvgIpc) is 3.21. The second-order valence-electron chi connectivity index (χ2n) is 8.41. The van der Waals surface area contributed by atoms with Gasteiger partial charge in [0.1, 0.15) is 10.8 Å². The Labute approximate surface area is 201 Å². The van der Waals surface area contributed by atoms with Crippen LogP contribution in [-0.4, -0.2) is 34.4 Å². The highest BCUT2D eigenvalue weighted by Gasteiger charge is 2.36. The number of nitrogens with one attached hydrogen (secondary N) is 1. The lowest BCUT2D eigenvalue weighted by Crippen LogP contribution is -2.40. The molecule has 5 rings (SSSR count). The van der Waals surface area contributed by atoms with Gasteiger partial charge < -0.3 is 14.6 Å². The van der Waals surface area contributed by atoms with Gasteiger partial charge in [0, 0.05) is 34.8 Å². The Balaban J connectivity index is 1.69. The molecule has 0 saturated heterocycles. The van der Waals surface area contributed by atoms with Crippen LogP contribution in [0.3, 0.4) is 0 Å². The number of rotatable bonds is 4. The predicted molar refractivity (Wildman–Crippen MR) is 131 cm³/mol. The Bertz CT molecular complexity index is 1430. The third-order valence-electron chi connectivity index (χ3n) is 6.38. The van der Waals surface area contributed by atoms with Gasteiger partial charge in [-0.05, 0) is 60.9 Å². The highest BCUT2D eigenvalue weighted by molar-refractivity contribution is 6.32. The summed E-state index contributed by atoms with van der Waals surface area (Å²) in [5, 5.41) is 12.7. The summed E-state index contributed by atoms with van der Waals surface area (Å²) < 4.78 is 5.41. The second-order valence-corrected chi connectivity index (χ2v) is 8.82. The maximum atomic E-state index is 13.6. The number of benzene rings is 3. The lowest BCUT2D eigenvalue weighted by molar-refractivity contribution is -0.384. The molecule has 0 aliphatic carbocycles. The third-order valence-corrected chi connectivity index (χ3v) is 6.70. The molecule has 1 aliphatic heterocycles. The monoisotopic (exact) mass is 475 g/mol. The van der Waals surface area contributed by atoms with E-state index in [1.807, 2.05) is 49.4 Å². The molecular formula is C26H22ClN3O4. The van der Waals surface area contributed by atoms with E-state index in [0.29, 0.717) is 24.1 Å². The summed E-state index contributed by atoms with van der Waals surface area (Å²) in [5.74, 6) is 0.607. The molecule has 1 amide bonds. The quantitative estimate of drug-likeness (QED) is 0.297. The van der Waals surface area contributed by atoms with Gasteiger partial charge in [-0.3, -0.25) is 14.9 Å². The smallest absolute Gasteiger partial charge is 0.288 e. The van der Waals surface area contributed by atoms with Crippen LogP contribution in [0, 0.1) is 17.0 Å². The summed E-state index contributed by atoms with van der Waals surface area (Å²) in [6.07, 6.45) is 0.645. The second kappa shape index (κ2) is 8.50. The molecule has 0 radical (unpaired) electrons. The van der Waals surface area contributed by atoms with Crippen LogP contribution in [0.25, 0.3) is 10.9 Å². The van der Waals surface area contributed by atoms with E-state index in [0.717, 1.165) is 33.5 Å². The van der Waals surface area contributed by atoms with Crippen molar-refractivity contribution >= 4 is 34.1 Å². The summed E-state index contributed by atoms with van der Waals surface area (Å²) >= 11 is 6.09. The zero-order valence-electron chi connectivity index (χ0n) is 18.7. The largest absolute Gasteiger partial charge is 0.497 e. The van der Waals surface area contributed by atoms with Crippen LogP contribution in [0.2, 0.25) is 5.02 Å². The van der Waals surface area contributed by atoms with Gasteiger partial charge in [0.2, 0.25) is 0 Å². The van der Waals surface area contributed by atoms with Crippen LogP contribution in [0.15, 0.2) is 60.7 Å². The number of hydrogen-bond acceptors (Lipinski definition) is 4. The number of ether oxygens (including phenoxy) is 1. The molecule has 0 fully saturated rings. The van der Waals surface area contributed by atoms with Crippen LogP contribution in [0.5, 0.6) is 5.75 Å². The fourth-order valence-electron chi connectivity index (χ4n) is 4.66. The van der Waals surface area contributed by atoms with Crippen LogP contribution in [-0.2, 0) is 6.42 Å². The van der Waals surface area contributed by atoms with E-state index < -0.39 is 11.0 Å². The molecular weight excluding hydrogens is 454 g/mol. The molecule has 1 N–H and O–H groups in total. The highest BCUT2D eigenvalue weighted by Crippen LogP contribution is 2.41. The fourth-order valence-corrected chi connectivity index (χ4v) is 4.85. The normalized spacial score (nSPS) is 15.3. The number of nitro benzene ring substituents is 1. The summed E-state index contributed by atoms with van der Waals surface area (Å²) in [6, 6.07) is 17.4. The molecule has 0 spiro atoms. The van der Waals surface area contributed by atoms with Gasteiger partial charge in [-0.2, -0.15) is 0 Å². The first-order chi connectivity index (χ1) is 16.4. The molecule has 4 aromatic rings. The molecule has 1 atom stereocenters. The molecule has 1 aromatic heterocycles. The Hall–Kier alpha value is -3.84. The van der Waals surface area contributed by atoms with Crippen molar-refractivity contribution in [2.75, 3.05) is 13.7 Å². The van der Waals surface area contributed by atoms with Gasteiger partial charge in [0.05, 0.1) is 18.1 Å². The number of fused-ring (bicyclic) bond motifs is 3. The Kier molecular flexibility index (Phi) is 5.49. The van der Waals surface area contributed by atoms with Gasteiger partial charge in [-0.1, -0.05) is 35.4 Å². The molecule has 0 unspecified atom stereocenters. The topological polar surface area (TPSA) is 88.5 Å². The van der Waals surface area contributed by atoms with E-state index in [1.165, 1.54) is 12.1 Å². The van der Waals surface area contributed by atoms with Crippen LogP contribution < -0.4 is 4.74 Å². The fraction of sp³-hybridized carbons (Fsp3) is 0.192. The Morgan fingerprint density at radius 1 is 1.15 bits per heavy atom. The summed E-state index contributed by atoms with van der Waals surface area (Å²) in [6.45, 7) is 2.43. The molecule has 7 nitrogen and oxygen atoms in total. The number of amides is 1. The maximum Gasteiger partial charge on any atom is 0.288 e. The van der Waals surface area contributed by atoms with Gasteiger partial charge in [-0.15, -0.1) is 0 Å². The minimum Gasteiger partial charge on any atom is -0.497 e. The number of nitro groups is 1. The molecule has 2 heterocycles. The number of H-pyrrole nitrogens is 1. The number of aromatic nitrogens is 1. The lowest BCUT2D eigenvalue weighted by atomic mass is 9.91. The average molecular weight is 476 g/mol. The minimum atomic E-state index is -0.535. The number of nitrogens with zero attached hydrogens (tertiary/aromatic N) is 2. The van der Waals surface area contributed by atoms with Crippen molar-refractivity contribution < 1.29 is 14.5 Å². The number of aromatic amines is 1. The molecule has 0 saturated carbocycles. The zero-order valence-corrected chi connectivity index (χ0v) is 19.4.